The topological polar surface area (TPSA) is 64.1 Å². The average Bonchev–Trinajstić information content (AvgIpc) is 2.97. The molecule has 96 valence electrons. The average molecular weight is 253 g/mol. The second kappa shape index (κ2) is 5.22. The molecule has 0 aliphatic carbocycles. The fourth-order valence-corrected chi connectivity index (χ4v) is 2.31. The van der Waals surface area contributed by atoms with Gasteiger partial charge < -0.3 is 4.42 Å². The summed E-state index contributed by atoms with van der Waals surface area (Å²) in [6, 6.07) is 12.1. The Morgan fingerprint density at radius 2 is 2.11 bits per heavy atom. The Hall–Kier alpha value is -2.17. The number of pyridine rings is 1. The van der Waals surface area contributed by atoms with Crippen molar-refractivity contribution in [1.29, 1.82) is 0 Å². The Bertz CT molecular complexity index is 659. The molecule has 4 nitrogen and oxygen atoms in total. The van der Waals surface area contributed by atoms with Gasteiger partial charge in [-0.15, -0.1) is 0 Å². The van der Waals surface area contributed by atoms with Crippen molar-refractivity contribution < 1.29 is 4.42 Å². The summed E-state index contributed by atoms with van der Waals surface area (Å²) in [6.07, 6.45) is 5.98. The Morgan fingerprint density at radius 1 is 1.21 bits per heavy atom. The number of hydrogen-bond donors (Lipinski definition) is 2. The van der Waals surface area contributed by atoms with Crippen LogP contribution in [0.25, 0.3) is 10.9 Å². The third-order valence-corrected chi connectivity index (χ3v) is 3.26. The third kappa shape index (κ3) is 2.36. The van der Waals surface area contributed by atoms with Gasteiger partial charge in [0.1, 0.15) is 0 Å². The van der Waals surface area contributed by atoms with Crippen LogP contribution in [0, 0.1) is 0 Å². The molecule has 1 aromatic carbocycles. The first-order valence-electron chi connectivity index (χ1n) is 6.19. The highest BCUT2D eigenvalue weighted by molar-refractivity contribution is 5.82. The van der Waals surface area contributed by atoms with Crippen molar-refractivity contribution in [2.45, 2.75) is 12.5 Å². The summed E-state index contributed by atoms with van der Waals surface area (Å²) in [6.45, 7) is 0. The van der Waals surface area contributed by atoms with Gasteiger partial charge in [0, 0.05) is 11.6 Å². The van der Waals surface area contributed by atoms with Gasteiger partial charge in [-0.05, 0) is 29.7 Å². The lowest BCUT2D eigenvalue weighted by Gasteiger charge is -2.17. The Balaban J connectivity index is 2.01. The SMILES string of the molecule is NNC(Cc1ccoc1)c1cccc2cccnc12. The molecule has 1 atom stereocenters. The van der Waals surface area contributed by atoms with Gasteiger partial charge in [0.2, 0.25) is 0 Å². The van der Waals surface area contributed by atoms with Crippen molar-refractivity contribution in [3.63, 3.8) is 0 Å². The standard InChI is InChI=1S/C15H15N3O/c16-18-14(9-11-6-8-19-10-11)13-5-1-3-12-4-2-7-17-15(12)13/h1-8,10,14,18H,9,16H2. The lowest BCUT2D eigenvalue weighted by atomic mass is 9.98. The van der Waals surface area contributed by atoms with Gasteiger partial charge in [-0.3, -0.25) is 16.3 Å². The zero-order valence-corrected chi connectivity index (χ0v) is 10.4. The number of nitrogens with zero attached hydrogens (tertiary/aromatic N) is 1. The predicted molar refractivity (Wildman–Crippen MR) is 74.2 cm³/mol. The maximum absolute atomic E-state index is 5.70. The minimum atomic E-state index is 0.0104. The van der Waals surface area contributed by atoms with E-state index in [1.807, 2.05) is 18.2 Å². The largest absolute Gasteiger partial charge is 0.472 e. The molecule has 0 fully saturated rings. The number of hydrazine groups is 1. The predicted octanol–water partition coefficient (Wildman–Crippen LogP) is 2.57. The quantitative estimate of drug-likeness (QED) is 0.554. The number of para-hydroxylation sites is 1. The van der Waals surface area contributed by atoms with E-state index in [0.29, 0.717) is 0 Å². The normalized spacial score (nSPS) is 12.7. The Kier molecular flexibility index (Phi) is 3.27. The summed E-state index contributed by atoms with van der Waals surface area (Å²) < 4.78 is 5.10. The van der Waals surface area contributed by atoms with E-state index in [-0.39, 0.29) is 6.04 Å². The Morgan fingerprint density at radius 3 is 2.89 bits per heavy atom. The van der Waals surface area contributed by atoms with Crippen molar-refractivity contribution in [2.75, 3.05) is 0 Å². The fraction of sp³-hybridized carbons (Fsp3) is 0.133. The van der Waals surface area contributed by atoms with Crippen molar-refractivity contribution in [2.24, 2.45) is 5.84 Å². The number of benzene rings is 1. The minimum absolute atomic E-state index is 0.0104. The summed E-state index contributed by atoms with van der Waals surface area (Å²) in [5, 5.41) is 1.12. The highest BCUT2D eigenvalue weighted by Crippen LogP contribution is 2.24. The fourth-order valence-electron chi connectivity index (χ4n) is 2.31. The van der Waals surface area contributed by atoms with Crippen LogP contribution in [0.2, 0.25) is 0 Å². The summed E-state index contributed by atoms with van der Waals surface area (Å²) in [4.78, 5) is 4.46. The zero-order chi connectivity index (χ0) is 13.1. The molecule has 1 unspecified atom stereocenters. The molecular weight excluding hydrogens is 238 g/mol. The molecule has 0 amide bonds. The molecule has 4 heteroatoms. The first kappa shape index (κ1) is 11.9. The van der Waals surface area contributed by atoms with Gasteiger partial charge in [-0.1, -0.05) is 24.3 Å². The zero-order valence-electron chi connectivity index (χ0n) is 10.4. The van der Waals surface area contributed by atoms with Crippen molar-refractivity contribution in [3.8, 4) is 0 Å². The molecule has 0 saturated carbocycles. The summed E-state index contributed by atoms with van der Waals surface area (Å²) >= 11 is 0. The van der Waals surface area contributed by atoms with Crippen LogP contribution in [0.15, 0.2) is 59.5 Å². The van der Waals surface area contributed by atoms with Gasteiger partial charge >= 0.3 is 0 Å². The highest BCUT2D eigenvalue weighted by atomic mass is 16.3. The van der Waals surface area contributed by atoms with Crippen LogP contribution in [0.5, 0.6) is 0 Å². The number of fused-ring (bicyclic) bond motifs is 1. The molecule has 0 bridgehead atoms. The molecule has 0 radical (unpaired) electrons. The molecule has 0 saturated heterocycles. The molecule has 0 aliphatic rings. The maximum atomic E-state index is 5.70. The van der Waals surface area contributed by atoms with Gasteiger partial charge in [-0.25, -0.2) is 0 Å². The van der Waals surface area contributed by atoms with E-state index in [1.165, 1.54) is 0 Å². The molecule has 0 aliphatic heterocycles. The van der Waals surface area contributed by atoms with Gasteiger partial charge in [0.15, 0.2) is 0 Å². The second-order valence-corrected chi connectivity index (χ2v) is 4.48. The number of nitrogens with two attached hydrogens (primary N) is 1. The first-order chi connectivity index (χ1) is 9.38. The molecule has 3 aromatic rings. The van der Waals surface area contributed by atoms with Gasteiger partial charge in [-0.2, -0.15) is 0 Å². The van der Waals surface area contributed by atoms with Crippen LogP contribution in [-0.4, -0.2) is 4.98 Å². The van der Waals surface area contributed by atoms with Crippen LogP contribution in [0.4, 0.5) is 0 Å². The van der Waals surface area contributed by atoms with Crippen LogP contribution in [-0.2, 0) is 6.42 Å². The highest BCUT2D eigenvalue weighted by Gasteiger charge is 2.14. The number of rotatable bonds is 4. The van der Waals surface area contributed by atoms with E-state index >= 15 is 0 Å². The second-order valence-electron chi connectivity index (χ2n) is 4.48. The molecule has 2 aromatic heterocycles. The monoisotopic (exact) mass is 253 g/mol. The van der Waals surface area contributed by atoms with E-state index in [2.05, 4.69) is 28.6 Å². The van der Waals surface area contributed by atoms with E-state index < -0.39 is 0 Å². The molecule has 0 spiro atoms. The van der Waals surface area contributed by atoms with Gasteiger partial charge in [0.05, 0.1) is 24.1 Å². The summed E-state index contributed by atoms with van der Waals surface area (Å²) in [7, 11) is 0. The van der Waals surface area contributed by atoms with Crippen molar-refractivity contribution in [1.82, 2.24) is 10.4 Å². The van der Waals surface area contributed by atoms with Crippen LogP contribution in [0.3, 0.4) is 0 Å². The first-order valence-corrected chi connectivity index (χ1v) is 6.19. The summed E-state index contributed by atoms with van der Waals surface area (Å²) in [5.41, 5.74) is 6.06. The maximum Gasteiger partial charge on any atom is 0.0935 e. The van der Waals surface area contributed by atoms with E-state index in [4.69, 9.17) is 10.3 Å². The molecular formula is C15H15N3O. The van der Waals surface area contributed by atoms with E-state index in [1.54, 1.807) is 18.7 Å². The van der Waals surface area contributed by atoms with Crippen LogP contribution in [0.1, 0.15) is 17.2 Å². The molecule has 2 heterocycles. The summed E-state index contributed by atoms with van der Waals surface area (Å²) in [5.74, 6) is 5.70. The number of aromatic nitrogens is 1. The third-order valence-electron chi connectivity index (χ3n) is 3.26. The lowest BCUT2D eigenvalue weighted by molar-refractivity contribution is 0.537. The smallest absolute Gasteiger partial charge is 0.0935 e. The van der Waals surface area contributed by atoms with Gasteiger partial charge in [0.25, 0.3) is 0 Å². The lowest BCUT2D eigenvalue weighted by Crippen LogP contribution is -2.29. The van der Waals surface area contributed by atoms with Crippen molar-refractivity contribution >= 4 is 10.9 Å². The molecule has 3 N–H and O–H groups in total. The number of hydrogen-bond acceptors (Lipinski definition) is 4. The van der Waals surface area contributed by atoms with E-state index in [9.17, 15) is 0 Å². The van der Waals surface area contributed by atoms with Crippen LogP contribution < -0.4 is 11.3 Å². The number of nitrogens with one attached hydrogen (secondary N) is 1. The Labute approximate surface area is 111 Å². The van der Waals surface area contributed by atoms with Crippen molar-refractivity contribution in [3.05, 3.63) is 66.2 Å². The number of furan rings is 1. The minimum Gasteiger partial charge on any atom is -0.472 e. The van der Waals surface area contributed by atoms with Crippen LogP contribution >= 0.6 is 0 Å². The van der Waals surface area contributed by atoms with E-state index in [0.717, 1.165) is 28.5 Å². The molecule has 3 rings (SSSR count). The molecule has 19 heavy (non-hydrogen) atoms.